The van der Waals surface area contributed by atoms with Crippen LogP contribution in [-0.2, 0) is 12.8 Å². The van der Waals surface area contributed by atoms with Crippen LogP contribution in [0.4, 0.5) is 0 Å². The Balaban J connectivity index is 1.63. The third-order valence-corrected chi connectivity index (χ3v) is 6.05. The van der Waals surface area contributed by atoms with Crippen molar-refractivity contribution in [2.45, 2.75) is 78.6 Å². The normalized spacial score (nSPS) is 17.2. The summed E-state index contributed by atoms with van der Waals surface area (Å²) in [6, 6.07) is 8.17. The quantitative estimate of drug-likeness (QED) is 0.463. The van der Waals surface area contributed by atoms with Crippen molar-refractivity contribution in [3.8, 4) is 17.1 Å². The molecular weight excluding hydrogens is 344 g/mol. The number of hydrogen-bond acceptors (Lipinski definition) is 3. The monoisotopic (exact) mass is 380 g/mol. The van der Waals surface area contributed by atoms with Gasteiger partial charge in [0.05, 0.1) is 6.61 Å². The van der Waals surface area contributed by atoms with E-state index in [4.69, 9.17) is 9.72 Å². The van der Waals surface area contributed by atoms with Gasteiger partial charge in [-0.1, -0.05) is 46.5 Å². The molecule has 1 heterocycles. The van der Waals surface area contributed by atoms with E-state index in [1.54, 1.807) is 0 Å². The Hall–Kier alpha value is -1.90. The summed E-state index contributed by atoms with van der Waals surface area (Å²) in [5, 5.41) is 0. The molecule has 0 aliphatic heterocycles. The van der Waals surface area contributed by atoms with Crippen molar-refractivity contribution in [2.24, 2.45) is 11.8 Å². The van der Waals surface area contributed by atoms with E-state index in [9.17, 15) is 0 Å². The maximum Gasteiger partial charge on any atom is 0.159 e. The van der Waals surface area contributed by atoms with Crippen LogP contribution in [0.15, 0.2) is 30.5 Å². The molecule has 28 heavy (non-hydrogen) atoms. The van der Waals surface area contributed by atoms with Crippen LogP contribution in [0.5, 0.6) is 5.75 Å². The van der Waals surface area contributed by atoms with Gasteiger partial charge in [0.2, 0.25) is 0 Å². The summed E-state index contributed by atoms with van der Waals surface area (Å²) in [6.45, 7) is 7.52. The fourth-order valence-electron chi connectivity index (χ4n) is 4.30. The van der Waals surface area contributed by atoms with E-state index in [0.717, 1.165) is 54.8 Å². The highest BCUT2D eigenvalue weighted by atomic mass is 16.5. The Labute approximate surface area is 171 Å². The lowest BCUT2D eigenvalue weighted by Crippen LogP contribution is -2.19. The highest BCUT2D eigenvalue weighted by Crippen LogP contribution is 2.32. The molecule has 0 N–H and O–H groups in total. The Morgan fingerprint density at radius 2 is 1.93 bits per heavy atom. The van der Waals surface area contributed by atoms with E-state index in [0.29, 0.717) is 0 Å². The lowest BCUT2D eigenvalue weighted by molar-refractivity contribution is 0.311. The Kier molecular flexibility index (Phi) is 7.88. The number of ether oxygens (including phenoxy) is 1. The lowest BCUT2D eigenvalue weighted by Gasteiger charge is -2.27. The van der Waals surface area contributed by atoms with Crippen LogP contribution in [0.2, 0.25) is 0 Å². The summed E-state index contributed by atoms with van der Waals surface area (Å²) >= 11 is 0. The van der Waals surface area contributed by atoms with Gasteiger partial charge >= 0.3 is 0 Å². The largest absolute Gasteiger partial charge is 0.494 e. The molecule has 2 atom stereocenters. The van der Waals surface area contributed by atoms with E-state index in [2.05, 4.69) is 44.1 Å². The van der Waals surface area contributed by atoms with Crippen LogP contribution in [0.1, 0.15) is 77.0 Å². The first-order valence-corrected chi connectivity index (χ1v) is 11.3. The second-order valence-corrected chi connectivity index (χ2v) is 8.30. The highest BCUT2D eigenvalue weighted by Gasteiger charge is 2.23. The van der Waals surface area contributed by atoms with Crippen molar-refractivity contribution < 1.29 is 4.74 Å². The van der Waals surface area contributed by atoms with Crippen molar-refractivity contribution in [1.29, 1.82) is 0 Å². The summed E-state index contributed by atoms with van der Waals surface area (Å²) in [7, 11) is 0. The van der Waals surface area contributed by atoms with Crippen LogP contribution in [0.3, 0.4) is 0 Å². The number of fused-ring (bicyclic) bond motifs is 1. The molecule has 2 unspecified atom stereocenters. The number of nitrogens with zero attached hydrogens (tertiary/aromatic N) is 2. The molecule has 0 amide bonds. The van der Waals surface area contributed by atoms with Crippen LogP contribution < -0.4 is 4.74 Å². The van der Waals surface area contributed by atoms with Crippen molar-refractivity contribution >= 4 is 0 Å². The van der Waals surface area contributed by atoms with Crippen LogP contribution in [0, 0.1) is 11.8 Å². The minimum atomic E-state index is 0.757. The van der Waals surface area contributed by atoms with Crippen LogP contribution in [-0.4, -0.2) is 16.6 Å². The van der Waals surface area contributed by atoms with E-state index in [1.807, 2.05) is 12.1 Å². The summed E-state index contributed by atoms with van der Waals surface area (Å²) in [5.41, 5.74) is 3.70. The highest BCUT2D eigenvalue weighted by molar-refractivity contribution is 5.56. The number of aromatic nitrogens is 2. The number of unbranched alkanes of at least 4 members (excludes halogenated alkanes) is 1. The molecule has 0 radical (unpaired) electrons. The molecule has 0 saturated carbocycles. The fourth-order valence-corrected chi connectivity index (χ4v) is 4.30. The molecule has 0 spiro atoms. The van der Waals surface area contributed by atoms with Gasteiger partial charge in [0, 0.05) is 17.5 Å². The van der Waals surface area contributed by atoms with Gasteiger partial charge in [0.15, 0.2) is 5.82 Å². The van der Waals surface area contributed by atoms with Crippen molar-refractivity contribution in [1.82, 2.24) is 9.97 Å². The number of aryl methyl sites for hydroxylation is 1. The molecule has 3 heteroatoms. The summed E-state index contributed by atoms with van der Waals surface area (Å²) in [6.07, 6.45) is 13.4. The molecule has 3 rings (SSSR count). The van der Waals surface area contributed by atoms with E-state index in [-0.39, 0.29) is 0 Å². The topological polar surface area (TPSA) is 35.0 Å². The van der Waals surface area contributed by atoms with Crippen LogP contribution in [0.25, 0.3) is 11.4 Å². The van der Waals surface area contributed by atoms with Crippen molar-refractivity contribution in [3.63, 3.8) is 0 Å². The van der Waals surface area contributed by atoms with Gasteiger partial charge in [-0.2, -0.15) is 0 Å². The maximum absolute atomic E-state index is 5.67. The zero-order valence-electron chi connectivity index (χ0n) is 17.9. The standard InChI is InChI=1S/C25H36N2O/c1-4-7-8-19(6-3)16-20-9-14-24-22(17-20)18-26-25(27-24)21-10-12-23(13-11-21)28-15-5-2/h10-13,18-20H,4-9,14-17H2,1-3H3. The van der Waals surface area contributed by atoms with Gasteiger partial charge in [-0.3, -0.25) is 0 Å². The average molecular weight is 381 g/mol. The molecule has 0 bridgehead atoms. The molecule has 1 aliphatic rings. The third kappa shape index (κ3) is 5.56. The Morgan fingerprint density at radius 3 is 2.64 bits per heavy atom. The smallest absolute Gasteiger partial charge is 0.159 e. The molecule has 1 aromatic carbocycles. The second kappa shape index (κ2) is 10.6. The number of hydrogen-bond donors (Lipinski definition) is 0. The first-order chi connectivity index (χ1) is 13.7. The summed E-state index contributed by atoms with van der Waals surface area (Å²) in [5.74, 6) is 3.45. The number of rotatable bonds is 10. The molecule has 1 aliphatic carbocycles. The Bertz CT molecular complexity index is 726. The molecule has 1 aromatic heterocycles. The van der Waals surface area contributed by atoms with Gasteiger partial charge < -0.3 is 4.74 Å². The zero-order valence-corrected chi connectivity index (χ0v) is 17.9. The minimum absolute atomic E-state index is 0.757. The average Bonchev–Trinajstić information content (AvgIpc) is 2.75. The Morgan fingerprint density at radius 1 is 1.11 bits per heavy atom. The van der Waals surface area contributed by atoms with Gasteiger partial charge in [-0.15, -0.1) is 0 Å². The van der Waals surface area contributed by atoms with Gasteiger partial charge in [-0.25, -0.2) is 9.97 Å². The van der Waals surface area contributed by atoms with Gasteiger partial charge in [0.1, 0.15) is 5.75 Å². The van der Waals surface area contributed by atoms with Gasteiger partial charge in [-0.05, 0) is 73.8 Å². The maximum atomic E-state index is 5.67. The second-order valence-electron chi connectivity index (χ2n) is 8.30. The fraction of sp³-hybridized carbons (Fsp3) is 0.600. The van der Waals surface area contributed by atoms with E-state index < -0.39 is 0 Å². The molecular formula is C25H36N2O. The van der Waals surface area contributed by atoms with Crippen molar-refractivity contribution in [3.05, 3.63) is 41.7 Å². The molecule has 0 fully saturated rings. The summed E-state index contributed by atoms with van der Waals surface area (Å²) in [4.78, 5) is 9.59. The predicted molar refractivity (Wildman–Crippen MR) is 117 cm³/mol. The molecule has 2 aromatic rings. The first kappa shape index (κ1) is 20.8. The molecule has 0 saturated heterocycles. The third-order valence-electron chi connectivity index (χ3n) is 6.05. The number of benzene rings is 1. The SMILES string of the molecule is CCCCC(CC)CC1CCc2nc(-c3ccc(OCCC)cc3)ncc2C1. The van der Waals surface area contributed by atoms with E-state index >= 15 is 0 Å². The minimum Gasteiger partial charge on any atom is -0.494 e. The van der Waals surface area contributed by atoms with Gasteiger partial charge in [0.25, 0.3) is 0 Å². The summed E-state index contributed by atoms with van der Waals surface area (Å²) < 4.78 is 5.67. The first-order valence-electron chi connectivity index (χ1n) is 11.3. The van der Waals surface area contributed by atoms with Crippen LogP contribution >= 0.6 is 0 Å². The molecule has 3 nitrogen and oxygen atoms in total. The molecule has 152 valence electrons. The van der Waals surface area contributed by atoms with E-state index in [1.165, 1.54) is 49.8 Å². The zero-order chi connectivity index (χ0) is 19.8. The van der Waals surface area contributed by atoms with Crippen molar-refractivity contribution in [2.75, 3.05) is 6.61 Å². The lowest BCUT2D eigenvalue weighted by atomic mass is 9.79. The predicted octanol–water partition coefficient (Wildman–Crippen LogP) is 6.64.